The molecule has 0 aliphatic carbocycles. The first-order chi connectivity index (χ1) is 20.6. The van der Waals surface area contributed by atoms with E-state index in [0.717, 1.165) is 16.8 Å². The Labute approximate surface area is 249 Å². The largest absolute Gasteiger partial charge is 0.506 e. The molecule has 0 atom stereocenters. The van der Waals surface area contributed by atoms with Gasteiger partial charge in [-0.05, 0) is 47.9 Å². The lowest BCUT2D eigenvalue weighted by Crippen LogP contribution is -2.50. The first-order valence-corrected chi connectivity index (χ1v) is 13.5. The lowest BCUT2D eigenvalue weighted by molar-refractivity contribution is -0.137. The lowest BCUT2D eigenvalue weighted by Gasteiger charge is -2.36. The minimum Gasteiger partial charge on any atom is -0.506 e. The fourth-order valence-corrected chi connectivity index (χ4v) is 4.86. The van der Waals surface area contributed by atoms with Crippen molar-refractivity contribution >= 4 is 46.2 Å². The molecule has 1 fully saturated rings. The Bertz CT molecular complexity index is 1690. The van der Waals surface area contributed by atoms with Gasteiger partial charge in [-0.3, -0.25) is 9.59 Å². The third-order valence-corrected chi connectivity index (χ3v) is 7.18. The van der Waals surface area contributed by atoms with Gasteiger partial charge >= 0.3 is 6.18 Å². The molecule has 1 aromatic heterocycles. The number of hydrogen-bond acceptors (Lipinski definition) is 7. The molecule has 2 N–H and O–H groups in total. The summed E-state index contributed by atoms with van der Waals surface area (Å²) in [6, 6.07) is 17.1. The Kier molecular flexibility index (Phi) is 8.67. The second-order valence-corrected chi connectivity index (χ2v) is 10.00. The number of alkyl halides is 3. The number of nitrogens with one attached hydrogen (secondary N) is 1. The molecule has 9 nitrogen and oxygen atoms in total. The molecule has 0 bridgehead atoms. The first-order valence-electron chi connectivity index (χ1n) is 13.1. The van der Waals surface area contributed by atoms with Gasteiger partial charge in [0.2, 0.25) is 0 Å². The molecule has 13 heteroatoms. The van der Waals surface area contributed by atoms with E-state index in [1.807, 2.05) is 24.3 Å². The summed E-state index contributed by atoms with van der Waals surface area (Å²) in [5.41, 5.74) is 2.52. The Morgan fingerprint density at radius 3 is 2.49 bits per heavy atom. The van der Waals surface area contributed by atoms with Crippen molar-refractivity contribution in [2.45, 2.75) is 6.18 Å². The van der Waals surface area contributed by atoms with Crippen molar-refractivity contribution < 1.29 is 32.6 Å². The summed E-state index contributed by atoms with van der Waals surface area (Å²) < 4.78 is 46.1. The highest BCUT2D eigenvalue weighted by Crippen LogP contribution is 2.35. The number of phenolic OH excluding ortho intramolecular Hbond substituents is 1. The Morgan fingerprint density at radius 2 is 1.77 bits per heavy atom. The number of nitrogens with zero attached hydrogens (tertiary/aromatic N) is 4. The van der Waals surface area contributed by atoms with Crippen LogP contribution in [-0.2, 0) is 11.0 Å². The number of piperazine rings is 1. The summed E-state index contributed by atoms with van der Waals surface area (Å²) in [5, 5.41) is 15.1. The number of fused-ring (bicyclic) bond motifs is 1. The second kappa shape index (κ2) is 12.6. The number of carbonyl (C=O) groups excluding carboxylic acids is 2. The topological polar surface area (TPSA) is 107 Å². The van der Waals surface area contributed by atoms with Crippen molar-refractivity contribution in [2.75, 3.05) is 37.7 Å². The van der Waals surface area contributed by atoms with Crippen LogP contribution < -0.4 is 15.1 Å². The predicted octanol–water partition coefficient (Wildman–Crippen LogP) is 5.10. The van der Waals surface area contributed by atoms with Gasteiger partial charge in [0.25, 0.3) is 11.8 Å². The van der Waals surface area contributed by atoms with Crippen molar-refractivity contribution in [2.24, 2.45) is 5.10 Å². The number of hydrogen-bond donors (Lipinski definition) is 2. The van der Waals surface area contributed by atoms with Crippen LogP contribution in [0.1, 0.15) is 21.5 Å². The van der Waals surface area contributed by atoms with Gasteiger partial charge in [-0.15, -0.1) is 0 Å². The van der Waals surface area contributed by atoms with Gasteiger partial charge in [0.05, 0.1) is 16.8 Å². The summed E-state index contributed by atoms with van der Waals surface area (Å²) in [6.07, 6.45) is -1.73. The molecular weight excluding hydrogens is 587 g/mol. The maximum atomic E-state index is 13.4. The molecule has 4 aromatic rings. The van der Waals surface area contributed by atoms with E-state index in [-0.39, 0.29) is 60.8 Å². The van der Waals surface area contributed by atoms with Gasteiger partial charge in [-0.25, -0.2) is 10.4 Å². The lowest BCUT2D eigenvalue weighted by atomic mass is 10.0. The monoisotopic (exact) mass is 611 g/mol. The molecule has 3 aromatic carbocycles. The Hall–Kier alpha value is -4.84. The first kappa shape index (κ1) is 29.6. The maximum Gasteiger partial charge on any atom is 0.419 e. The van der Waals surface area contributed by atoms with Crippen LogP contribution in [-0.4, -0.2) is 65.8 Å². The van der Waals surface area contributed by atoms with E-state index in [1.54, 1.807) is 17.0 Å². The summed E-state index contributed by atoms with van der Waals surface area (Å²) in [5.74, 6) is -0.613. The van der Waals surface area contributed by atoms with Crippen LogP contribution in [0, 0.1) is 0 Å². The van der Waals surface area contributed by atoms with Crippen LogP contribution in [0.4, 0.5) is 19.0 Å². The molecule has 0 radical (unpaired) electrons. The zero-order chi connectivity index (χ0) is 30.6. The number of phenols is 1. The zero-order valence-corrected chi connectivity index (χ0v) is 23.3. The van der Waals surface area contributed by atoms with Crippen LogP contribution in [0.25, 0.3) is 10.8 Å². The number of rotatable bonds is 7. The van der Waals surface area contributed by atoms with Gasteiger partial charge < -0.3 is 19.6 Å². The number of benzene rings is 3. The third kappa shape index (κ3) is 6.81. The van der Waals surface area contributed by atoms with Crippen molar-refractivity contribution in [1.29, 1.82) is 0 Å². The number of amides is 2. The van der Waals surface area contributed by atoms with Gasteiger partial charge in [-0.2, -0.15) is 18.3 Å². The van der Waals surface area contributed by atoms with E-state index < -0.39 is 17.6 Å². The van der Waals surface area contributed by atoms with Gasteiger partial charge in [-0.1, -0.05) is 35.9 Å². The average molecular weight is 612 g/mol. The number of pyridine rings is 1. The normalized spacial score (nSPS) is 13.9. The van der Waals surface area contributed by atoms with Gasteiger partial charge in [0.1, 0.15) is 17.3 Å². The number of aromatic hydroxyl groups is 1. The molecular formula is C30H25ClF3N5O4. The summed E-state index contributed by atoms with van der Waals surface area (Å²) >= 11 is 5.86. The number of aromatic nitrogens is 1. The number of halogens is 4. The van der Waals surface area contributed by atoms with Crippen LogP contribution >= 0.6 is 11.6 Å². The highest BCUT2D eigenvalue weighted by molar-refractivity contribution is 6.32. The van der Waals surface area contributed by atoms with E-state index in [9.17, 15) is 27.9 Å². The SMILES string of the molecule is O=C(NN=Cc1ccc(OCC(=O)N2CCN(c3ncccc3C(F)(F)F)CC2)c2ccccc12)c1ccc(O)c(Cl)c1. The van der Waals surface area contributed by atoms with Gasteiger partial charge in [0.15, 0.2) is 6.61 Å². The minimum atomic E-state index is -4.52. The highest BCUT2D eigenvalue weighted by atomic mass is 35.5. The standard InChI is InChI=1S/C30H25ClF3N5O4/c31-24-16-19(7-9-25(24)40)29(42)37-36-17-20-8-10-26(22-5-2-1-4-21(20)22)43-18-27(41)38-12-14-39(15-13-38)28-23(30(32,33)34)6-3-11-35-28/h1-11,16-17,40H,12-15,18H2,(H,37,42). The third-order valence-electron chi connectivity index (χ3n) is 6.87. The molecule has 2 heterocycles. The fraction of sp³-hybridized carbons (Fsp3) is 0.200. The zero-order valence-electron chi connectivity index (χ0n) is 22.5. The molecule has 0 saturated carbocycles. The van der Waals surface area contributed by atoms with Crippen molar-refractivity contribution in [1.82, 2.24) is 15.3 Å². The van der Waals surface area contributed by atoms with Crippen molar-refractivity contribution in [3.8, 4) is 11.5 Å². The van der Waals surface area contributed by atoms with E-state index in [4.69, 9.17) is 16.3 Å². The highest BCUT2D eigenvalue weighted by Gasteiger charge is 2.36. The number of carbonyl (C=O) groups is 2. The summed E-state index contributed by atoms with van der Waals surface area (Å²) in [4.78, 5) is 32.3. The molecule has 0 unspecified atom stereocenters. The van der Waals surface area contributed by atoms with Crippen molar-refractivity contribution in [3.63, 3.8) is 0 Å². The minimum absolute atomic E-state index is 0.0444. The fourth-order valence-electron chi connectivity index (χ4n) is 4.67. The second-order valence-electron chi connectivity index (χ2n) is 9.59. The van der Waals surface area contributed by atoms with E-state index in [2.05, 4.69) is 15.5 Å². The van der Waals surface area contributed by atoms with E-state index >= 15 is 0 Å². The number of hydrazone groups is 1. The van der Waals surface area contributed by atoms with Crippen LogP contribution in [0.2, 0.25) is 5.02 Å². The molecule has 0 spiro atoms. The smallest absolute Gasteiger partial charge is 0.419 e. The number of ether oxygens (including phenoxy) is 1. The quantitative estimate of drug-likeness (QED) is 0.222. The average Bonchev–Trinajstić information content (AvgIpc) is 3.01. The molecule has 1 aliphatic heterocycles. The molecule has 43 heavy (non-hydrogen) atoms. The molecule has 2 amide bonds. The van der Waals surface area contributed by atoms with Crippen LogP contribution in [0.3, 0.4) is 0 Å². The van der Waals surface area contributed by atoms with E-state index in [1.165, 1.54) is 41.6 Å². The maximum absolute atomic E-state index is 13.4. The summed E-state index contributed by atoms with van der Waals surface area (Å²) in [7, 11) is 0. The number of anilines is 1. The molecule has 5 rings (SSSR count). The predicted molar refractivity (Wildman–Crippen MR) is 156 cm³/mol. The van der Waals surface area contributed by atoms with Crippen LogP contribution in [0.5, 0.6) is 11.5 Å². The van der Waals surface area contributed by atoms with Crippen LogP contribution in [0.15, 0.2) is 78.0 Å². The molecule has 1 aliphatic rings. The molecule has 222 valence electrons. The van der Waals surface area contributed by atoms with Crippen molar-refractivity contribution in [3.05, 3.63) is 94.6 Å². The Morgan fingerprint density at radius 1 is 1.02 bits per heavy atom. The molecule has 1 saturated heterocycles. The summed E-state index contributed by atoms with van der Waals surface area (Å²) in [6.45, 7) is 0.626. The van der Waals surface area contributed by atoms with E-state index in [0.29, 0.717) is 11.3 Å². The Balaban J connectivity index is 1.20. The van der Waals surface area contributed by atoms with Gasteiger partial charge in [0, 0.05) is 48.9 Å².